The van der Waals surface area contributed by atoms with Crippen molar-refractivity contribution in [3.8, 4) is 0 Å². The summed E-state index contributed by atoms with van der Waals surface area (Å²) in [5.41, 5.74) is -0.190. The van der Waals surface area contributed by atoms with Crippen LogP contribution in [-0.4, -0.2) is 48.4 Å². The van der Waals surface area contributed by atoms with E-state index in [4.69, 9.17) is 0 Å². The zero-order valence-corrected chi connectivity index (χ0v) is 11.5. The SMILES string of the molecule is CC(C)(C)N1CC(C(=O)NCC2CNC2)CC1=O. The van der Waals surface area contributed by atoms with E-state index in [0.29, 0.717) is 18.9 Å². The van der Waals surface area contributed by atoms with E-state index in [2.05, 4.69) is 10.6 Å². The Bertz CT molecular complexity index is 345. The van der Waals surface area contributed by atoms with Gasteiger partial charge in [0, 0.05) is 44.1 Å². The second-order valence-electron chi connectivity index (χ2n) is 6.35. The van der Waals surface area contributed by atoms with Gasteiger partial charge in [0.2, 0.25) is 11.8 Å². The zero-order chi connectivity index (χ0) is 13.3. The maximum absolute atomic E-state index is 12.0. The summed E-state index contributed by atoms with van der Waals surface area (Å²) >= 11 is 0. The normalized spacial score (nSPS) is 25.2. The van der Waals surface area contributed by atoms with Crippen LogP contribution in [-0.2, 0) is 9.59 Å². The molecule has 2 rings (SSSR count). The second-order valence-corrected chi connectivity index (χ2v) is 6.35. The average molecular weight is 253 g/mol. The van der Waals surface area contributed by atoms with Crippen molar-refractivity contribution in [3.63, 3.8) is 0 Å². The Hall–Kier alpha value is -1.10. The van der Waals surface area contributed by atoms with Crippen LogP contribution in [0.1, 0.15) is 27.2 Å². The fraction of sp³-hybridized carbons (Fsp3) is 0.846. The first kappa shape index (κ1) is 13.3. The number of hydrogen-bond acceptors (Lipinski definition) is 3. The van der Waals surface area contributed by atoms with Crippen molar-refractivity contribution in [1.82, 2.24) is 15.5 Å². The Morgan fingerprint density at radius 2 is 2.11 bits per heavy atom. The van der Waals surface area contributed by atoms with Gasteiger partial charge in [0.15, 0.2) is 0 Å². The predicted octanol–water partition coefficient (Wildman–Crippen LogP) is -0.0310. The van der Waals surface area contributed by atoms with Crippen LogP contribution in [0.3, 0.4) is 0 Å². The molecular formula is C13H23N3O2. The van der Waals surface area contributed by atoms with Crippen LogP contribution in [0.2, 0.25) is 0 Å². The van der Waals surface area contributed by atoms with Crippen molar-refractivity contribution in [2.75, 3.05) is 26.2 Å². The molecule has 1 atom stereocenters. The highest BCUT2D eigenvalue weighted by molar-refractivity contribution is 5.89. The molecule has 0 spiro atoms. The van der Waals surface area contributed by atoms with Crippen LogP contribution in [0.25, 0.3) is 0 Å². The maximum Gasteiger partial charge on any atom is 0.225 e. The van der Waals surface area contributed by atoms with Crippen LogP contribution < -0.4 is 10.6 Å². The number of amides is 2. The third kappa shape index (κ3) is 2.83. The molecule has 0 aromatic heterocycles. The molecule has 2 heterocycles. The summed E-state index contributed by atoms with van der Waals surface area (Å²) in [7, 11) is 0. The molecule has 2 saturated heterocycles. The van der Waals surface area contributed by atoms with E-state index in [1.54, 1.807) is 0 Å². The summed E-state index contributed by atoms with van der Waals surface area (Å²) in [5, 5.41) is 6.14. The molecule has 0 aliphatic carbocycles. The highest BCUT2D eigenvalue weighted by Gasteiger charge is 2.39. The molecule has 0 aromatic carbocycles. The lowest BCUT2D eigenvalue weighted by Crippen LogP contribution is -2.49. The van der Waals surface area contributed by atoms with Gasteiger partial charge in [-0.3, -0.25) is 9.59 Å². The van der Waals surface area contributed by atoms with E-state index >= 15 is 0 Å². The Morgan fingerprint density at radius 1 is 1.44 bits per heavy atom. The minimum absolute atomic E-state index is 0.0296. The number of rotatable bonds is 3. The van der Waals surface area contributed by atoms with Gasteiger partial charge in [-0.25, -0.2) is 0 Å². The highest BCUT2D eigenvalue weighted by Crippen LogP contribution is 2.25. The van der Waals surface area contributed by atoms with E-state index in [1.807, 2.05) is 25.7 Å². The fourth-order valence-corrected chi connectivity index (χ4v) is 2.41. The van der Waals surface area contributed by atoms with Crippen LogP contribution >= 0.6 is 0 Å². The molecule has 0 bridgehead atoms. The summed E-state index contributed by atoms with van der Waals surface area (Å²) in [5.74, 6) is 0.504. The lowest BCUT2D eigenvalue weighted by atomic mass is 10.0. The number of nitrogens with zero attached hydrogens (tertiary/aromatic N) is 1. The minimum Gasteiger partial charge on any atom is -0.355 e. The topological polar surface area (TPSA) is 61.4 Å². The largest absolute Gasteiger partial charge is 0.355 e. The Kier molecular flexibility index (Phi) is 3.61. The Balaban J connectivity index is 1.83. The zero-order valence-electron chi connectivity index (χ0n) is 11.5. The summed E-state index contributed by atoms with van der Waals surface area (Å²) in [6.07, 6.45) is 0.353. The van der Waals surface area contributed by atoms with Crippen molar-refractivity contribution < 1.29 is 9.59 Å². The number of carbonyl (C=O) groups excluding carboxylic acids is 2. The fourth-order valence-electron chi connectivity index (χ4n) is 2.41. The lowest BCUT2D eigenvalue weighted by molar-refractivity contribution is -0.132. The maximum atomic E-state index is 12.0. The first-order valence-corrected chi connectivity index (χ1v) is 6.67. The highest BCUT2D eigenvalue weighted by atomic mass is 16.2. The molecule has 0 aromatic rings. The molecule has 5 nitrogen and oxygen atoms in total. The molecule has 0 saturated carbocycles. The third-order valence-electron chi connectivity index (χ3n) is 3.74. The van der Waals surface area contributed by atoms with Crippen molar-refractivity contribution in [2.24, 2.45) is 11.8 Å². The molecule has 2 amide bonds. The molecule has 2 N–H and O–H groups in total. The first-order valence-electron chi connectivity index (χ1n) is 6.67. The second kappa shape index (κ2) is 4.88. The molecule has 2 aliphatic rings. The van der Waals surface area contributed by atoms with E-state index in [9.17, 15) is 9.59 Å². The first-order chi connectivity index (χ1) is 8.38. The van der Waals surface area contributed by atoms with Crippen LogP contribution in [0.15, 0.2) is 0 Å². The molecule has 0 radical (unpaired) electrons. The van der Waals surface area contributed by atoms with Gasteiger partial charge in [0.1, 0.15) is 0 Å². The van der Waals surface area contributed by atoms with E-state index < -0.39 is 0 Å². The Morgan fingerprint density at radius 3 is 2.56 bits per heavy atom. The Labute approximate surface area is 108 Å². The summed E-state index contributed by atoms with van der Waals surface area (Å²) < 4.78 is 0. The van der Waals surface area contributed by atoms with Gasteiger partial charge in [-0.15, -0.1) is 0 Å². The van der Waals surface area contributed by atoms with Crippen molar-refractivity contribution in [3.05, 3.63) is 0 Å². The number of nitrogens with one attached hydrogen (secondary N) is 2. The summed E-state index contributed by atoms with van der Waals surface area (Å²) in [4.78, 5) is 25.7. The summed E-state index contributed by atoms with van der Waals surface area (Å²) in [6, 6.07) is 0. The third-order valence-corrected chi connectivity index (χ3v) is 3.74. The van der Waals surface area contributed by atoms with Gasteiger partial charge in [-0.05, 0) is 20.8 Å². The summed E-state index contributed by atoms with van der Waals surface area (Å²) in [6.45, 7) is 9.26. The molecular weight excluding hydrogens is 230 g/mol. The minimum atomic E-state index is -0.190. The monoisotopic (exact) mass is 253 g/mol. The van der Waals surface area contributed by atoms with E-state index in [1.165, 1.54) is 0 Å². The van der Waals surface area contributed by atoms with Gasteiger partial charge in [0.05, 0.1) is 5.92 Å². The average Bonchev–Trinajstić information content (AvgIpc) is 2.57. The molecule has 2 fully saturated rings. The van der Waals surface area contributed by atoms with Crippen LogP contribution in [0, 0.1) is 11.8 Å². The van der Waals surface area contributed by atoms with E-state index in [-0.39, 0.29) is 23.3 Å². The van der Waals surface area contributed by atoms with Gasteiger partial charge in [-0.2, -0.15) is 0 Å². The standard InChI is InChI=1S/C13H23N3O2/c1-13(2,3)16-8-10(4-11(16)17)12(18)15-7-9-5-14-6-9/h9-10,14H,4-8H2,1-3H3,(H,15,18). The van der Waals surface area contributed by atoms with Crippen molar-refractivity contribution in [1.29, 1.82) is 0 Å². The van der Waals surface area contributed by atoms with Gasteiger partial charge < -0.3 is 15.5 Å². The number of likely N-dealkylation sites (tertiary alicyclic amines) is 1. The quantitative estimate of drug-likeness (QED) is 0.742. The van der Waals surface area contributed by atoms with Crippen molar-refractivity contribution >= 4 is 11.8 Å². The van der Waals surface area contributed by atoms with E-state index in [0.717, 1.165) is 19.6 Å². The van der Waals surface area contributed by atoms with Gasteiger partial charge in [0.25, 0.3) is 0 Å². The smallest absolute Gasteiger partial charge is 0.225 e. The number of hydrogen-bond donors (Lipinski definition) is 2. The van der Waals surface area contributed by atoms with Crippen LogP contribution in [0.5, 0.6) is 0 Å². The molecule has 102 valence electrons. The predicted molar refractivity (Wildman–Crippen MR) is 68.9 cm³/mol. The molecule has 18 heavy (non-hydrogen) atoms. The van der Waals surface area contributed by atoms with Gasteiger partial charge >= 0.3 is 0 Å². The molecule has 2 aliphatic heterocycles. The number of carbonyl (C=O) groups is 2. The lowest BCUT2D eigenvalue weighted by Gasteiger charge is -2.32. The molecule has 1 unspecified atom stereocenters. The molecule has 5 heteroatoms. The van der Waals surface area contributed by atoms with Crippen LogP contribution in [0.4, 0.5) is 0 Å². The van der Waals surface area contributed by atoms with Crippen molar-refractivity contribution in [2.45, 2.75) is 32.7 Å². The van der Waals surface area contributed by atoms with Gasteiger partial charge in [-0.1, -0.05) is 0 Å².